The lowest BCUT2D eigenvalue weighted by molar-refractivity contribution is -0.0395. The summed E-state index contributed by atoms with van der Waals surface area (Å²) >= 11 is 6.28. The summed E-state index contributed by atoms with van der Waals surface area (Å²) in [6.07, 6.45) is 3.53. The minimum Gasteiger partial charge on any atom is -0.389 e. The van der Waals surface area contributed by atoms with Gasteiger partial charge in [-0.2, -0.15) is 0 Å². The van der Waals surface area contributed by atoms with Crippen molar-refractivity contribution in [1.29, 1.82) is 0 Å². The molecule has 0 amide bonds. The molecule has 0 aliphatic carbocycles. The Labute approximate surface area is 191 Å². The Kier molecular flexibility index (Phi) is 6.55. The number of fused-ring (bicyclic) bond motifs is 3. The van der Waals surface area contributed by atoms with E-state index in [4.69, 9.17) is 16.3 Å². The fraction of sp³-hybridized carbons (Fsp3) is 0.320. The van der Waals surface area contributed by atoms with Gasteiger partial charge in [0.05, 0.1) is 36.0 Å². The largest absolute Gasteiger partial charge is 0.389 e. The van der Waals surface area contributed by atoms with E-state index in [-0.39, 0.29) is 18.2 Å². The second kappa shape index (κ2) is 9.36. The van der Waals surface area contributed by atoms with E-state index in [9.17, 15) is 9.90 Å². The summed E-state index contributed by atoms with van der Waals surface area (Å²) in [6.45, 7) is 8.61. The number of allylic oxidation sites excluding steroid dienone is 2. The first kappa shape index (κ1) is 22.4. The van der Waals surface area contributed by atoms with Crippen LogP contribution in [0.5, 0.6) is 0 Å². The van der Waals surface area contributed by atoms with Gasteiger partial charge in [0.2, 0.25) is 0 Å². The van der Waals surface area contributed by atoms with E-state index in [0.29, 0.717) is 35.5 Å². The molecule has 2 heterocycles. The molecule has 166 valence electrons. The molecular formula is C25H26ClN3O3. The van der Waals surface area contributed by atoms with Crippen LogP contribution in [-0.4, -0.2) is 40.2 Å². The molecule has 0 spiro atoms. The van der Waals surface area contributed by atoms with Gasteiger partial charge >= 0.3 is 0 Å². The van der Waals surface area contributed by atoms with E-state index in [0.717, 1.165) is 27.5 Å². The molecule has 1 aromatic heterocycles. The molecule has 0 bridgehead atoms. The number of halogens is 1. The maximum absolute atomic E-state index is 13.5. The van der Waals surface area contributed by atoms with Crippen molar-refractivity contribution < 1.29 is 9.84 Å². The highest BCUT2D eigenvalue weighted by atomic mass is 35.5. The van der Waals surface area contributed by atoms with Gasteiger partial charge < -0.3 is 9.84 Å². The van der Waals surface area contributed by atoms with Crippen LogP contribution in [0.4, 0.5) is 0 Å². The SMILES string of the molecule is C=C(Cc1cc2c(=O)n([C@H]3CCOC[C@@H]3O)cnc2c2ccccc12)/C(C)=C(Cl)\N=C/C. The second-order valence-electron chi connectivity index (χ2n) is 8.02. The van der Waals surface area contributed by atoms with Crippen LogP contribution in [0, 0.1) is 0 Å². The topological polar surface area (TPSA) is 76.7 Å². The summed E-state index contributed by atoms with van der Waals surface area (Å²) < 4.78 is 6.86. The molecular weight excluding hydrogens is 426 g/mol. The molecule has 2 aromatic carbocycles. The number of benzene rings is 2. The number of aliphatic hydroxyl groups excluding tert-OH is 1. The lowest BCUT2D eigenvalue weighted by atomic mass is 9.94. The van der Waals surface area contributed by atoms with Gasteiger partial charge in [-0.1, -0.05) is 42.4 Å². The third-order valence-corrected chi connectivity index (χ3v) is 6.39. The summed E-state index contributed by atoms with van der Waals surface area (Å²) in [5.41, 5.74) is 3.08. The molecule has 1 saturated heterocycles. The van der Waals surface area contributed by atoms with Gasteiger partial charge in [0.15, 0.2) is 0 Å². The Morgan fingerprint density at radius 1 is 1.38 bits per heavy atom. The Hall–Kier alpha value is -2.80. The minimum atomic E-state index is -0.741. The van der Waals surface area contributed by atoms with E-state index in [2.05, 4.69) is 16.6 Å². The standard InChI is InChI=1S/C25H26ClN3O3/c1-4-27-24(26)16(3)15(2)11-17-12-20-23(19-8-6-5-7-18(17)19)28-14-29(25(20)31)21-9-10-32-13-22(21)30/h4-8,12,14,21-22,30H,2,9-11,13H2,1,3H3/b24-16-,27-4-/t21-,22-/m0/s1. The van der Waals surface area contributed by atoms with Gasteiger partial charge in [-0.15, -0.1) is 0 Å². The van der Waals surface area contributed by atoms with Gasteiger partial charge in [-0.25, -0.2) is 9.98 Å². The summed E-state index contributed by atoms with van der Waals surface area (Å²) in [5.74, 6) is 0. The maximum atomic E-state index is 13.5. The molecule has 0 radical (unpaired) electrons. The van der Waals surface area contributed by atoms with Crippen molar-refractivity contribution in [2.75, 3.05) is 13.2 Å². The predicted octanol–water partition coefficient (Wildman–Crippen LogP) is 4.53. The summed E-state index contributed by atoms with van der Waals surface area (Å²) in [6, 6.07) is 9.45. The molecule has 32 heavy (non-hydrogen) atoms. The van der Waals surface area contributed by atoms with Crippen LogP contribution in [0.1, 0.15) is 31.9 Å². The highest BCUT2D eigenvalue weighted by Crippen LogP contribution is 2.30. The van der Waals surface area contributed by atoms with E-state index in [1.807, 2.05) is 44.2 Å². The number of aliphatic hydroxyl groups is 1. The van der Waals surface area contributed by atoms with Crippen LogP contribution in [0.15, 0.2) is 69.3 Å². The second-order valence-corrected chi connectivity index (χ2v) is 8.37. The van der Waals surface area contributed by atoms with E-state index >= 15 is 0 Å². The third kappa shape index (κ3) is 4.13. The molecule has 2 atom stereocenters. The van der Waals surface area contributed by atoms with Gasteiger partial charge in [0.25, 0.3) is 5.56 Å². The Morgan fingerprint density at radius 2 is 2.12 bits per heavy atom. The molecule has 1 fully saturated rings. The first-order valence-corrected chi connectivity index (χ1v) is 11.0. The number of ether oxygens (including phenoxy) is 1. The number of rotatable bonds is 5. The van der Waals surface area contributed by atoms with E-state index in [1.165, 1.54) is 0 Å². The molecule has 1 aliphatic rings. The van der Waals surface area contributed by atoms with Gasteiger partial charge in [0, 0.05) is 18.2 Å². The zero-order chi connectivity index (χ0) is 22.8. The quantitative estimate of drug-likeness (QED) is 0.267. The molecule has 0 unspecified atom stereocenters. The molecule has 0 saturated carbocycles. The lowest BCUT2D eigenvalue weighted by Crippen LogP contribution is -2.39. The van der Waals surface area contributed by atoms with Crippen molar-refractivity contribution in [1.82, 2.24) is 9.55 Å². The fourth-order valence-electron chi connectivity index (χ4n) is 4.19. The molecule has 1 aliphatic heterocycles. The maximum Gasteiger partial charge on any atom is 0.261 e. The van der Waals surface area contributed by atoms with Gasteiger partial charge in [-0.05, 0) is 54.9 Å². The predicted molar refractivity (Wildman–Crippen MR) is 130 cm³/mol. The van der Waals surface area contributed by atoms with Gasteiger partial charge in [0.1, 0.15) is 5.16 Å². The number of aliphatic imine (C=N–C) groups is 1. The Balaban J connectivity index is 1.87. The van der Waals surface area contributed by atoms with Crippen LogP contribution in [0.2, 0.25) is 0 Å². The van der Waals surface area contributed by atoms with Crippen molar-refractivity contribution in [3.8, 4) is 0 Å². The monoisotopic (exact) mass is 451 g/mol. The normalized spacial score (nSPS) is 20.1. The van der Waals surface area contributed by atoms with Crippen LogP contribution >= 0.6 is 11.6 Å². The molecule has 7 heteroatoms. The highest BCUT2D eigenvalue weighted by Gasteiger charge is 2.27. The van der Waals surface area contributed by atoms with E-state index < -0.39 is 6.10 Å². The number of hydrogen-bond donors (Lipinski definition) is 1. The molecule has 1 N–H and O–H groups in total. The van der Waals surface area contributed by atoms with Gasteiger partial charge in [-0.3, -0.25) is 9.36 Å². The van der Waals surface area contributed by atoms with Crippen LogP contribution < -0.4 is 5.56 Å². The summed E-state index contributed by atoms with van der Waals surface area (Å²) in [7, 11) is 0. The summed E-state index contributed by atoms with van der Waals surface area (Å²) in [5, 5.41) is 13.2. The molecule has 6 nitrogen and oxygen atoms in total. The van der Waals surface area contributed by atoms with Crippen LogP contribution in [0.25, 0.3) is 21.7 Å². The van der Waals surface area contributed by atoms with Crippen LogP contribution in [0.3, 0.4) is 0 Å². The highest BCUT2D eigenvalue weighted by molar-refractivity contribution is 6.30. The summed E-state index contributed by atoms with van der Waals surface area (Å²) in [4.78, 5) is 22.3. The smallest absolute Gasteiger partial charge is 0.261 e. The van der Waals surface area contributed by atoms with Crippen molar-refractivity contribution in [2.24, 2.45) is 4.99 Å². The zero-order valence-electron chi connectivity index (χ0n) is 18.2. The first-order valence-electron chi connectivity index (χ1n) is 10.6. The fourth-order valence-corrected chi connectivity index (χ4v) is 4.42. The van der Waals surface area contributed by atoms with Crippen molar-refractivity contribution in [2.45, 2.75) is 38.8 Å². The Bertz CT molecular complexity index is 1310. The van der Waals surface area contributed by atoms with Crippen LogP contribution in [-0.2, 0) is 11.2 Å². The van der Waals surface area contributed by atoms with Crippen molar-refractivity contribution in [3.05, 3.63) is 75.5 Å². The number of aromatic nitrogens is 2. The Morgan fingerprint density at radius 3 is 2.84 bits per heavy atom. The lowest BCUT2D eigenvalue weighted by Gasteiger charge is -2.29. The van der Waals surface area contributed by atoms with Crippen molar-refractivity contribution >= 4 is 39.5 Å². The molecule has 3 aromatic rings. The van der Waals surface area contributed by atoms with Crippen molar-refractivity contribution in [3.63, 3.8) is 0 Å². The number of nitrogens with zero attached hydrogens (tertiary/aromatic N) is 3. The first-order chi connectivity index (χ1) is 15.4. The van der Waals surface area contributed by atoms with E-state index in [1.54, 1.807) is 17.1 Å². The zero-order valence-corrected chi connectivity index (χ0v) is 19.0. The number of hydrogen-bond acceptors (Lipinski definition) is 5. The average Bonchev–Trinajstić information content (AvgIpc) is 2.80. The third-order valence-electron chi connectivity index (χ3n) is 6.01. The molecule has 4 rings (SSSR count). The minimum absolute atomic E-state index is 0.167. The average molecular weight is 452 g/mol.